The van der Waals surface area contributed by atoms with E-state index < -0.39 is 0 Å². The van der Waals surface area contributed by atoms with Crippen molar-refractivity contribution < 1.29 is 4.68 Å². The summed E-state index contributed by atoms with van der Waals surface area (Å²) in [6.45, 7) is 3.85. The Morgan fingerprint density at radius 1 is 1.14 bits per heavy atom. The van der Waals surface area contributed by atoms with Crippen molar-refractivity contribution >= 4 is 41.6 Å². The molecular formula is C14H13Cl2N6+. The first kappa shape index (κ1) is 14.7. The molecule has 0 aliphatic heterocycles. The molecule has 6 nitrogen and oxygen atoms in total. The van der Waals surface area contributed by atoms with E-state index in [9.17, 15) is 0 Å². The maximum atomic E-state index is 6.46. The average Bonchev–Trinajstić information content (AvgIpc) is 2.91. The molecule has 0 aliphatic rings. The number of hydrogen-bond acceptors (Lipinski definition) is 4. The van der Waals surface area contributed by atoms with Crippen LogP contribution in [0.2, 0.25) is 10.3 Å². The predicted molar refractivity (Wildman–Crippen MR) is 87.0 cm³/mol. The van der Waals surface area contributed by atoms with Crippen LogP contribution in [-0.2, 0) is 0 Å². The van der Waals surface area contributed by atoms with Gasteiger partial charge in [0, 0.05) is 19.2 Å². The minimum absolute atomic E-state index is 0.281. The first-order chi connectivity index (χ1) is 10.5. The Labute approximate surface area is 137 Å². The summed E-state index contributed by atoms with van der Waals surface area (Å²) in [6.07, 6.45) is 0. The Bertz CT molecular complexity index is 857. The van der Waals surface area contributed by atoms with Crippen LogP contribution >= 0.6 is 23.2 Å². The zero-order valence-corrected chi connectivity index (χ0v) is 13.5. The SMILES string of the molecule is C=[N+](c1nc2nc(Cl)c(-c3ccccc3)c(Cl)n2n1)N(C)C. The van der Waals surface area contributed by atoms with Crippen molar-refractivity contribution in [2.45, 2.75) is 0 Å². The highest BCUT2D eigenvalue weighted by atomic mass is 35.5. The van der Waals surface area contributed by atoms with E-state index in [1.54, 1.807) is 5.01 Å². The molecule has 22 heavy (non-hydrogen) atoms. The van der Waals surface area contributed by atoms with Crippen LogP contribution in [0.5, 0.6) is 0 Å². The molecule has 1 aromatic carbocycles. The van der Waals surface area contributed by atoms with Gasteiger partial charge in [-0.1, -0.05) is 53.5 Å². The molecular weight excluding hydrogens is 323 g/mol. The summed E-state index contributed by atoms with van der Waals surface area (Å²) < 4.78 is 2.98. The second kappa shape index (κ2) is 5.55. The third kappa shape index (κ3) is 2.40. The van der Waals surface area contributed by atoms with Gasteiger partial charge in [-0.25, -0.2) is 0 Å². The highest BCUT2D eigenvalue weighted by molar-refractivity contribution is 6.38. The second-order valence-electron chi connectivity index (χ2n) is 4.80. The number of rotatable bonds is 3. The van der Waals surface area contributed by atoms with E-state index in [1.165, 1.54) is 9.20 Å². The summed E-state index contributed by atoms with van der Waals surface area (Å²) in [4.78, 5) is 8.56. The molecule has 2 aromatic heterocycles. The quantitative estimate of drug-likeness (QED) is 0.319. The summed E-state index contributed by atoms with van der Waals surface area (Å²) in [5.74, 6) is 0.695. The average molecular weight is 336 g/mol. The summed E-state index contributed by atoms with van der Waals surface area (Å²) >= 11 is 12.7. The van der Waals surface area contributed by atoms with Crippen LogP contribution in [0.4, 0.5) is 5.95 Å². The highest BCUT2D eigenvalue weighted by Crippen LogP contribution is 2.33. The molecule has 0 aliphatic carbocycles. The van der Waals surface area contributed by atoms with E-state index in [0.29, 0.717) is 22.4 Å². The lowest BCUT2D eigenvalue weighted by Crippen LogP contribution is -2.22. The van der Waals surface area contributed by atoms with Gasteiger partial charge in [0.25, 0.3) is 0 Å². The maximum Gasteiger partial charge on any atom is 0.479 e. The molecule has 3 rings (SSSR count). The van der Waals surface area contributed by atoms with Gasteiger partial charge in [-0.3, -0.25) is 5.01 Å². The standard InChI is InChI=1S/C14H13Cl2N6/c1-20(2)21(3)14-18-13-17-11(15)10(12(16)22(13)19-14)9-7-5-4-6-8-9/h4-8H,3H2,1-2H3/q+1. The molecule has 0 atom stereocenters. The number of hydrazone groups is 1. The molecule has 0 radical (unpaired) electrons. The topological polar surface area (TPSA) is 49.3 Å². The van der Waals surface area contributed by atoms with Crippen LogP contribution < -0.4 is 0 Å². The Morgan fingerprint density at radius 3 is 2.45 bits per heavy atom. The van der Waals surface area contributed by atoms with Crippen LogP contribution in [0.3, 0.4) is 0 Å². The molecule has 2 heterocycles. The third-order valence-electron chi connectivity index (χ3n) is 3.15. The van der Waals surface area contributed by atoms with Crippen LogP contribution in [0, 0.1) is 0 Å². The van der Waals surface area contributed by atoms with Gasteiger partial charge in [0.15, 0.2) is 5.15 Å². The molecule has 3 aromatic rings. The third-order valence-corrected chi connectivity index (χ3v) is 3.77. The van der Waals surface area contributed by atoms with Crippen molar-refractivity contribution in [1.82, 2.24) is 24.6 Å². The molecule has 0 bridgehead atoms. The normalized spacial score (nSPS) is 10.9. The zero-order chi connectivity index (χ0) is 15.9. The van der Waals surface area contributed by atoms with Gasteiger partial charge in [-0.15, -0.1) is 9.20 Å². The van der Waals surface area contributed by atoms with Crippen molar-refractivity contribution in [3.63, 3.8) is 0 Å². The molecule has 0 saturated carbocycles. The van der Waals surface area contributed by atoms with Gasteiger partial charge in [0.2, 0.25) is 0 Å². The Morgan fingerprint density at radius 2 is 1.82 bits per heavy atom. The molecule has 0 unspecified atom stereocenters. The Balaban J connectivity index is 2.23. The fourth-order valence-electron chi connectivity index (χ4n) is 1.96. The largest absolute Gasteiger partial charge is 0.479 e. The summed E-state index contributed by atoms with van der Waals surface area (Å²) in [6, 6.07) is 9.55. The van der Waals surface area contributed by atoms with Crippen molar-refractivity contribution in [2.24, 2.45) is 0 Å². The monoisotopic (exact) mass is 335 g/mol. The number of hydrogen-bond donors (Lipinski definition) is 0. The molecule has 0 fully saturated rings. The zero-order valence-electron chi connectivity index (χ0n) is 12.0. The molecule has 0 saturated heterocycles. The summed E-state index contributed by atoms with van der Waals surface area (Å²) in [5, 5.41) is 6.71. The van der Waals surface area contributed by atoms with Gasteiger partial charge in [0.05, 0.1) is 12.3 Å². The van der Waals surface area contributed by atoms with Crippen LogP contribution in [-0.4, -0.2) is 50.1 Å². The smallest absolute Gasteiger partial charge is 0.270 e. The summed E-state index contributed by atoms with van der Waals surface area (Å²) in [5.41, 5.74) is 1.48. The number of hydrazine groups is 1. The van der Waals surface area contributed by atoms with Gasteiger partial charge < -0.3 is 0 Å². The van der Waals surface area contributed by atoms with Crippen LogP contribution in [0.15, 0.2) is 30.3 Å². The number of aromatic nitrogens is 4. The predicted octanol–water partition coefficient (Wildman–Crippen LogP) is 2.92. The van der Waals surface area contributed by atoms with E-state index in [0.717, 1.165) is 5.56 Å². The van der Waals surface area contributed by atoms with Crippen molar-refractivity contribution in [1.29, 1.82) is 0 Å². The number of fused-ring (bicyclic) bond motifs is 1. The van der Waals surface area contributed by atoms with Gasteiger partial charge in [-0.2, -0.15) is 4.98 Å². The van der Waals surface area contributed by atoms with Gasteiger partial charge >= 0.3 is 11.7 Å². The maximum absolute atomic E-state index is 6.46. The van der Waals surface area contributed by atoms with E-state index >= 15 is 0 Å². The Hall–Kier alpha value is -2.18. The Kier molecular flexibility index (Phi) is 3.72. The van der Waals surface area contributed by atoms with Crippen molar-refractivity contribution in [3.05, 3.63) is 40.6 Å². The minimum atomic E-state index is 0.281. The number of halogens is 2. The first-order valence-corrected chi connectivity index (χ1v) is 7.19. The van der Waals surface area contributed by atoms with Crippen molar-refractivity contribution in [2.75, 3.05) is 14.1 Å². The van der Waals surface area contributed by atoms with E-state index in [2.05, 4.69) is 21.8 Å². The molecule has 8 heteroatoms. The molecule has 112 valence electrons. The lowest BCUT2D eigenvalue weighted by molar-refractivity contribution is -0.607. The fourth-order valence-corrected chi connectivity index (χ4v) is 2.60. The van der Waals surface area contributed by atoms with E-state index in [1.807, 2.05) is 44.4 Å². The lowest BCUT2D eigenvalue weighted by atomic mass is 10.1. The van der Waals surface area contributed by atoms with E-state index in [-0.39, 0.29) is 5.15 Å². The number of benzene rings is 1. The molecule has 0 amide bonds. The summed E-state index contributed by atoms with van der Waals surface area (Å²) in [7, 11) is 3.66. The minimum Gasteiger partial charge on any atom is -0.270 e. The molecule has 0 spiro atoms. The fraction of sp³-hybridized carbons (Fsp3) is 0.143. The van der Waals surface area contributed by atoms with Crippen LogP contribution in [0.25, 0.3) is 16.9 Å². The van der Waals surface area contributed by atoms with Gasteiger partial charge in [0.1, 0.15) is 5.15 Å². The molecule has 0 N–H and O–H groups in total. The highest BCUT2D eigenvalue weighted by Gasteiger charge is 2.24. The van der Waals surface area contributed by atoms with Gasteiger partial charge in [-0.05, 0) is 10.5 Å². The van der Waals surface area contributed by atoms with Crippen LogP contribution in [0.1, 0.15) is 0 Å². The van der Waals surface area contributed by atoms with E-state index in [4.69, 9.17) is 23.2 Å². The number of nitrogens with zero attached hydrogens (tertiary/aromatic N) is 6. The van der Waals surface area contributed by atoms with Crippen molar-refractivity contribution in [3.8, 4) is 11.1 Å². The first-order valence-electron chi connectivity index (χ1n) is 6.44. The lowest BCUT2D eigenvalue weighted by Gasteiger charge is -2.08. The second-order valence-corrected chi connectivity index (χ2v) is 5.52.